The van der Waals surface area contributed by atoms with E-state index in [2.05, 4.69) is 9.72 Å². The Morgan fingerprint density at radius 3 is 2.64 bits per heavy atom. The number of ether oxygens (including phenoxy) is 1. The molecule has 22 heavy (non-hydrogen) atoms. The number of carbonyl (C=O) groups excluding carboxylic acids is 1. The molecule has 0 amide bonds. The first-order valence-corrected chi connectivity index (χ1v) is 7.24. The highest BCUT2D eigenvalue weighted by Gasteiger charge is 2.12. The Labute approximate surface area is 136 Å². The minimum Gasteiger partial charge on any atom is -0.469 e. The SMILES string of the molecule is COC(=O)Cc1ccc(-c2nc3cc(Cl)cc(Cl)c3o2)cc1. The monoisotopic (exact) mass is 335 g/mol. The molecule has 0 bridgehead atoms. The Bertz CT molecular complexity index is 840. The van der Waals surface area contributed by atoms with Crippen LogP contribution in [-0.4, -0.2) is 18.1 Å². The van der Waals surface area contributed by atoms with Gasteiger partial charge in [0, 0.05) is 10.6 Å². The van der Waals surface area contributed by atoms with Crippen molar-refractivity contribution in [3.05, 3.63) is 52.0 Å². The highest BCUT2D eigenvalue weighted by Crippen LogP contribution is 2.31. The fourth-order valence-electron chi connectivity index (χ4n) is 2.09. The smallest absolute Gasteiger partial charge is 0.309 e. The van der Waals surface area contributed by atoms with Crippen LogP contribution in [0.1, 0.15) is 5.56 Å². The van der Waals surface area contributed by atoms with Crippen molar-refractivity contribution in [1.82, 2.24) is 4.98 Å². The summed E-state index contributed by atoms with van der Waals surface area (Å²) in [5, 5.41) is 0.925. The van der Waals surface area contributed by atoms with E-state index in [0.29, 0.717) is 27.0 Å². The predicted molar refractivity (Wildman–Crippen MR) is 85.2 cm³/mol. The number of carbonyl (C=O) groups is 1. The van der Waals surface area contributed by atoms with Gasteiger partial charge in [-0.25, -0.2) is 4.98 Å². The number of halogens is 2. The standard InChI is InChI=1S/C16H11Cl2NO3/c1-21-14(20)6-9-2-4-10(5-3-9)16-19-13-8-11(17)7-12(18)15(13)22-16/h2-5,7-8H,6H2,1H3. The van der Waals surface area contributed by atoms with Crippen molar-refractivity contribution in [2.75, 3.05) is 7.11 Å². The average molecular weight is 336 g/mol. The molecule has 0 radical (unpaired) electrons. The van der Waals surface area contributed by atoms with Crippen molar-refractivity contribution >= 4 is 40.3 Å². The normalized spacial score (nSPS) is 10.9. The molecule has 112 valence electrons. The molecule has 1 heterocycles. The zero-order chi connectivity index (χ0) is 15.7. The number of rotatable bonds is 3. The Morgan fingerprint density at radius 2 is 1.95 bits per heavy atom. The lowest BCUT2D eigenvalue weighted by atomic mass is 10.1. The molecule has 0 aliphatic carbocycles. The number of aromatic nitrogens is 1. The minimum atomic E-state index is -0.281. The van der Waals surface area contributed by atoms with Crippen LogP contribution in [0.2, 0.25) is 10.0 Å². The second-order valence-electron chi connectivity index (χ2n) is 4.70. The summed E-state index contributed by atoms with van der Waals surface area (Å²) in [4.78, 5) is 15.6. The van der Waals surface area contributed by atoms with Gasteiger partial charge in [0.1, 0.15) is 5.52 Å². The van der Waals surface area contributed by atoms with E-state index in [1.807, 2.05) is 24.3 Å². The van der Waals surface area contributed by atoms with Gasteiger partial charge in [-0.2, -0.15) is 0 Å². The highest BCUT2D eigenvalue weighted by molar-refractivity contribution is 6.38. The summed E-state index contributed by atoms with van der Waals surface area (Å²) in [5.74, 6) is 0.167. The van der Waals surface area contributed by atoms with Crippen molar-refractivity contribution in [1.29, 1.82) is 0 Å². The van der Waals surface area contributed by atoms with Crippen LogP contribution in [0, 0.1) is 0 Å². The summed E-state index contributed by atoms with van der Waals surface area (Å²) in [6.07, 6.45) is 0.228. The number of fused-ring (bicyclic) bond motifs is 1. The van der Waals surface area contributed by atoms with Gasteiger partial charge >= 0.3 is 5.97 Å². The summed E-state index contributed by atoms with van der Waals surface area (Å²) in [6, 6.07) is 10.6. The molecule has 0 saturated heterocycles. The number of oxazole rings is 1. The van der Waals surface area contributed by atoms with Crippen molar-refractivity contribution in [3.63, 3.8) is 0 Å². The molecule has 0 spiro atoms. The number of hydrogen-bond donors (Lipinski definition) is 0. The van der Waals surface area contributed by atoms with Crippen LogP contribution in [0.3, 0.4) is 0 Å². The lowest BCUT2D eigenvalue weighted by Gasteiger charge is -2.00. The molecule has 0 N–H and O–H groups in total. The van der Waals surface area contributed by atoms with Gasteiger partial charge in [-0.3, -0.25) is 4.79 Å². The number of nitrogens with zero attached hydrogens (tertiary/aromatic N) is 1. The topological polar surface area (TPSA) is 52.3 Å². The Balaban J connectivity index is 1.94. The Hall–Kier alpha value is -2.04. The molecule has 3 rings (SSSR count). The molecule has 2 aromatic carbocycles. The number of hydrogen-bond acceptors (Lipinski definition) is 4. The summed E-state index contributed by atoms with van der Waals surface area (Å²) in [6.45, 7) is 0. The van der Waals surface area contributed by atoms with E-state index in [4.69, 9.17) is 27.6 Å². The maximum Gasteiger partial charge on any atom is 0.309 e. The summed E-state index contributed by atoms with van der Waals surface area (Å²) in [7, 11) is 1.36. The molecule has 0 fully saturated rings. The van der Waals surface area contributed by atoms with Gasteiger partial charge in [0.15, 0.2) is 5.58 Å². The second-order valence-corrected chi connectivity index (χ2v) is 5.55. The largest absolute Gasteiger partial charge is 0.469 e. The van der Waals surface area contributed by atoms with E-state index in [-0.39, 0.29) is 12.4 Å². The molecule has 6 heteroatoms. The molecular formula is C16H11Cl2NO3. The molecule has 3 aromatic rings. The highest BCUT2D eigenvalue weighted by atomic mass is 35.5. The molecule has 0 aliphatic heterocycles. The predicted octanol–water partition coefficient (Wildman–Crippen LogP) is 4.52. The molecular weight excluding hydrogens is 325 g/mol. The van der Waals surface area contributed by atoms with Gasteiger partial charge in [-0.15, -0.1) is 0 Å². The van der Waals surface area contributed by atoms with E-state index < -0.39 is 0 Å². The average Bonchev–Trinajstić information content (AvgIpc) is 2.92. The number of esters is 1. The first-order chi connectivity index (χ1) is 10.6. The van der Waals surface area contributed by atoms with E-state index in [1.54, 1.807) is 12.1 Å². The van der Waals surface area contributed by atoms with Gasteiger partial charge < -0.3 is 9.15 Å². The van der Waals surface area contributed by atoms with E-state index >= 15 is 0 Å². The van der Waals surface area contributed by atoms with Crippen LogP contribution in [0.15, 0.2) is 40.8 Å². The lowest BCUT2D eigenvalue weighted by Crippen LogP contribution is -2.04. The quantitative estimate of drug-likeness (QED) is 0.660. The lowest BCUT2D eigenvalue weighted by molar-refractivity contribution is -0.139. The third-order valence-electron chi connectivity index (χ3n) is 3.19. The van der Waals surface area contributed by atoms with Crippen LogP contribution < -0.4 is 0 Å². The van der Waals surface area contributed by atoms with Crippen LogP contribution in [0.25, 0.3) is 22.6 Å². The molecule has 0 unspecified atom stereocenters. The molecule has 4 nitrogen and oxygen atoms in total. The summed E-state index contributed by atoms with van der Waals surface area (Å²) in [5.41, 5.74) is 2.75. The van der Waals surface area contributed by atoms with E-state index in [0.717, 1.165) is 11.1 Å². The van der Waals surface area contributed by atoms with Crippen molar-refractivity contribution in [2.45, 2.75) is 6.42 Å². The van der Waals surface area contributed by atoms with Crippen LogP contribution in [0.5, 0.6) is 0 Å². The number of methoxy groups -OCH3 is 1. The van der Waals surface area contributed by atoms with Gasteiger partial charge in [0.2, 0.25) is 5.89 Å². The Kier molecular flexibility index (Phi) is 4.05. The maximum atomic E-state index is 11.2. The summed E-state index contributed by atoms with van der Waals surface area (Å²) >= 11 is 12.0. The molecule has 1 aromatic heterocycles. The fraction of sp³-hybridized carbons (Fsp3) is 0.125. The Morgan fingerprint density at radius 1 is 1.23 bits per heavy atom. The number of benzene rings is 2. The zero-order valence-corrected chi connectivity index (χ0v) is 13.1. The second kappa shape index (κ2) is 5.99. The third kappa shape index (κ3) is 2.93. The van der Waals surface area contributed by atoms with E-state index in [9.17, 15) is 4.79 Å². The van der Waals surface area contributed by atoms with Gasteiger partial charge in [-0.1, -0.05) is 35.3 Å². The molecule has 0 saturated carbocycles. The van der Waals surface area contributed by atoms with Crippen LogP contribution in [0.4, 0.5) is 0 Å². The van der Waals surface area contributed by atoms with Crippen molar-refractivity contribution in [3.8, 4) is 11.5 Å². The zero-order valence-electron chi connectivity index (χ0n) is 11.6. The molecule has 0 atom stereocenters. The van der Waals surface area contributed by atoms with E-state index in [1.165, 1.54) is 7.11 Å². The fourth-order valence-corrected chi connectivity index (χ4v) is 2.61. The van der Waals surface area contributed by atoms with Crippen LogP contribution >= 0.6 is 23.2 Å². The van der Waals surface area contributed by atoms with Gasteiger partial charge in [0.25, 0.3) is 0 Å². The van der Waals surface area contributed by atoms with Crippen molar-refractivity contribution in [2.24, 2.45) is 0 Å². The van der Waals surface area contributed by atoms with Gasteiger partial charge in [-0.05, 0) is 29.8 Å². The van der Waals surface area contributed by atoms with Crippen LogP contribution in [-0.2, 0) is 16.0 Å². The summed E-state index contributed by atoms with van der Waals surface area (Å²) < 4.78 is 10.3. The minimum absolute atomic E-state index is 0.228. The third-order valence-corrected chi connectivity index (χ3v) is 3.69. The first kappa shape index (κ1) is 14.9. The first-order valence-electron chi connectivity index (χ1n) is 6.48. The molecule has 0 aliphatic rings. The van der Waals surface area contributed by atoms with Crippen molar-refractivity contribution < 1.29 is 13.9 Å². The maximum absolute atomic E-state index is 11.2. The van der Waals surface area contributed by atoms with Gasteiger partial charge in [0.05, 0.1) is 18.6 Å².